The first-order valence-corrected chi connectivity index (χ1v) is 11.9. The first kappa shape index (κ1) is 20.5. The first-order chi connectivity index (χ1) is 14.6. The minimum absolute atomic E-state index is 0.0641. The van der Waals surface area contributed by atoms with Crippen molar-refractivity contribution < 1.29 is 4.79 Å². The van der Waals surface area contributed by atoms with Gasteiger partial charge in [0.2, 0.25) is 11.0 Å². The molecule has 0 unspecified atom stereocenters. The van der Waals surface area contributed by atoms with Gasteiger partial charge in [0.25, 0.3) is 0 Å². The number of thiazole rings is 1. The van der Waals surface area contributed by atoms with Gasteiger partial charge in [0.1, 0.15) is 0 Å². The summed E-state index contributed by atoms with van der Waals surface area (Å²) in [7, 11) is 0. The van der Waals surface area contributed by atoms with Crippen molar-refractivity contribution >= 4 is 62.0 Å². The van der Waals surface area contributed by atoms with E-state index in [1.807, 2.05) is 53.9 Å². The summed E-state index contributed by atoms with van der Waals surface area (Å²) < 4.78 is 0.868. The van der Waals surface area contributed by atoms with Crippen LogP contribution in [0.5, 0.6) is 0 Å². The Labute approximate surface area is 187 Å². The van der Waals surface area contributed by atoms with Crippen LogP contribution in [0.15, 0.2) is 64.3 Å². The number of rotatable bonds is 7. The van der Waals surface area contributed by atoms with Gasteiger partial charge in [0, 0.05) is 23.7 Å². The van der Waals surface area contributed by atoms with E-state index in [-0.39, 0.29) is 5.91 Å². The second-order valence-electron chi connectivity index (χ2n) is 6.41. The number of amides is 1. The molecule has 0 spiro atoms. The topological polar surface area (TPSA) is 71.0 Å². The highest BCUT2D eigenvalue weighted by atomic mass is 32.2. The van der Waals surface area contributed by atoms with Crippen molar-refractivity contribution in [3.05, 3.63) is 71.2 Å². The molecular formula is C21H19N5OS3. The highest BCUT2D eigenvalue weighted by molar-refractivity contribution is 8.00. The van der Waals surface area contributed by atoms with Gasteiger partial charge in [-0.05, 0) is 30.7 Å². The summed E-state index contributed by atoms with van der Waals surface area (Å²) in [5.74, 6) is 0.599. The van der Waals surface area contributed by atoms with Gasteiger partial charge in [-0.1, -0.05) is 59.5 Å². The summed E-state index contributed by atoms with van der Waals surface area (Å²) >= 11 is 4.56. The van der Waals surface area contributed by atoms with Crippen LogP contribution in [0.25, 0.3) is 0 Å². The zero-order chi connectivity index (χ0) is 20.9. The molecule has 30 heavy (non-hydrogen) atoms. The molecule has 0 atom stereocenters. The van der Waals surface area contributed by atoms with Crippen molar-refractivity contribution in [3.8, 4) is 0 Å². The molecule has 6 nitrogen and oxygen atoms in total. The van der Waals surface area contributed by atoms with Gasteiger partial charge >= 0.3 is 0 Å². The third-order valence-corrected chi connectivity index (χ3v) is 7.08. The first-order valence-electron chi connectivity index (χ1n) is 9.19. The van der Waals surface area contributed by atoms with E-state index in [2.05, 4.69) is 33.5 Å². The van der Waals surface area contributed by atoms with Crippen molar-refractivity contribution in [1.29, 1.82) is 0 Å². The number of hydrogen-bond acceptors (Lipinski definition) is 8. The summed E-state index contributed by atoms with van der Waals surface area (Å²) in [5.41, 5.74) is 3.91. The minimum Gasteiger partial charge on any atom is -0.330 e. The van der Waals surface area contributed by atoms with E-state index in [1.54, 1.807) is 23.6 Å². The molecular weight excluding hydrogens is 434 g/mol. The molecule has 4 rings (SSSR count). The quantitative estimate of drug-likeness (QED) is 0.345. The van der Waals surface area contributed by atoms with Crippen LogP contribution in [0.1, 0.15) is 18.2 Å². The van der Waals surface area contributed by atoms with E-state index in [9.17, 15) is 4.79 Å². The second kappa shape index (κ2) is 9.38. The number of carbonyl (C=O) groups is 1. The molecule has 0 radical (unpaired) electrons. The van der Waals surface area contributed by atoms with Crippen LogP contribution in [0.3, 0.4) is 0 Å². The maximum atomic E-state index is 12.2. The Hall–Kier alpha value is -2.75. The monoisotopic (exact) mass is 453 g/mol. The van der Waals surface area contributed by atoms with Crippen LogP contribution >= 0.6 is 34.4 Å². The molecule has 0 aliphatic heterocycles. The highest BCUT2D eigenvalue weighted by Crippen LogP contribution is 2.33. The molecule has 2 aromatic heterocycles. The molecule has 9 heteroatoms. The van der Waals surface area contributed by atoms with Crippen LogP contribution < -0.4 is 10.2 Å². The van der Waals surface area contributed by atoms with Crippen LogP contribution in [0.2, 0.25) is 0 Å². The molecule has 0 fully saturated rings. The van der Waals surface area contributed by atoms with Gasteiger partial charge in [0.15, 0.2) is 9.47 Å². The summed E-state index contributed by atoms with van der Waals surface area (Å²) in [4.78, 5) is 18.5. The SMILES string of the molecule is CC(=O)N(c1ccccc1)c1nc(CSc2nnc(Nc3ccccc3C)s2)cs1. The molecule has 0 bridgehead atoms. The molecule has 2 aromatic carbocycles. The number of para-hydroxylation sites is 2. The summed E-state index contributed by atoms with van der Waals surface area (Å²) in [5, 5.41) is 15.2. The number of nitrogens with one attached hydrogen (secondary N) is 1. The highest BCUT2D eigenvalue weighted by Gasteiger charge is 2.18. The Kier molecular flexibility index (Phi) is 6.41. The lowest BCUT2D eigenvalue weighted by Gasteiger charge is -2.17. The molecule has 1 N–H and O–H groups in total. The van der Waals surface area contributed by atoms with Crippen LogP contribution in [0, 0.1) is 6.92 Å². The van der Waals surface area contributed by atoms with Crippen molar-refractivity contribution in [2.75, 3.05) is 10.2 Å². The van der Waals surface area contributed by atoms with Gasteiger partial charge in [-0.25, -0.2) is 4.98 Å². The predicted octanol–water partition coefficient (Wildman–Crippen LogP) is 6.02. The lowest BCUT2D eigenvalue weighted by Crippen LogP contribution is -2.22. The maximum Gasteiger partial charge on any atom is 0.230 e. The zero-order valence-corrected chi connectivity index (χ0v) is 18.9. The fourth-order valence-electron chi connectivity index (χ4n) is 2.75. The van der Waals surface area contributed by atoms with E-state index in [4.69, 9.17) is 0 Å². The van der Waals surface area contributed by atoms with Gasteiger partial charge in [-0.15, -0.1) is 21.5 Å². The summed E-state index contributed by atoms with van der Waals surface area (Å²) in [6, 6.07) is 17.6. The van der Waals surface area contributed by atoms with Crippen molar-refractivity contribution in [3.63, 3.8) is 0 Å². The third kappa shape index (κ3) is 4.86. The second-order valence-corrected chi connectivity index (χ2v) is 9.45. The summed E-state index contributed by atoms with van der Waals surface area (Å²) in [6.07, 6.45) is 0. The smallest absolute Gasteiger partial charge is 0.230 e. The maximum absolute atomic E-state index is 12.2. The van der Waals surface area contributed by atoms with E-state index in [0.717, 1.165) is 32.1 Å². The largest absolute Gasteiger partial charge is 0.330 e. The molecule has 2 heterocycles. The summed E-state index contributed by atoms with van der Waals surface area (Å²) in [6.45, 7) is 3.60. The van der Waals surface area contributed by atoms with Gasteiger partial charge in [-0.3, -0.25) is 9.69 Å². The molecule has 0 saturated heterocycles. The zero-order valence-electron chi connectivity index (χ0n) is 16.4. The molecule has 0 aliphatic rings. The van der Waals surface area contributed by atoms with Gasteiger partial charge in [-0.2, -0.15) is 0 Å². The average molecular weight is 454 g/mol. The average Bonchev–Trinajstić information content (AvgIpc) is 3.38. The Balaban J connectivity index is 1.41. The van der Waals surface area contributed by atoms with E-state index >= 15 is 0 Å². The number of nitrogens with zero attached hydrogens (tertiary/aromatic N) is 4. The lowest BCUT2D eigenvalue weighted by atomic mass is 10.2. The minimum atomic E-state index is -0.0641. The van der Waals surface area contributed by atoms with Crippen molar-refractivity contribution in [1.82, 2.24) is 15.2 Å². The number of anilines is 4. The molecule has 0 aliphatic carbocycles. The van der Waals surface area contributed by atoms with Crippen molar-refractivity contribution in [2.45, 2.75) is 23.9 Å². The van der Waals surface area contributed by atoms with Gasteiger partial charge in [0.05, 0.1) is 11.4 Å². The fraction of sp³-hybridized carbons (Fsp3) is 0.143. The molecule has 4 aromatic rings. The van der Waals surface area contributed by atoms with E-state index in [1.165, 1.54) is 22.7 Å². The van der Waals surface area contributed by atoms with Crippen LogP contribution in [0.4, 0.5) is 21.6 Å². The van der Waals surface area contributed by atoms with E-state index in [0.29, 0.717) is 10.9 Å². The van der Waals surface area contributed by atoms with Crippen LogP contribution in [-0.4, -0.2) is 21.1 Å². The predicted molar refractivity (Wildman–Crippen MR) is 125 cm³/mol. The van der Waals surface area contributed by atoms with Crippen LogP contribution in [-0.2, 0) is 10.5 Å². The number of carbonyl (C=O) groups excluding carboxylic acids is 1. The standard InChI is InChI=1S/C21H19N5OS3/c1-14-8-6-7-11-18(14)23-19-24-25-21(30-19)29-13-16-12-28-20(22-16)26(15(2)27)17-9-4-3-5-10-17/h3-12H,13H2,1-2H3,(H,23,24). The molecule has 152 valence electrons. The Morgan fingerprint density at radius 2 is 1.87 bits per heavy atom. The van der Waals surface area contributed by atoms with E-state index < -0.39 is 0 Å². The van der Waals surface area contributed by atoms with Crippen molar-refractivity contribution in [2.24, 2.45) is 0 Å². The number of thioether (sulfide) groups is 1. The molecule has 0 saturated carbocycles. The normalized spacial score (nSPS) is 10.7. The number of benzene rings is 2. The lowest BCUT2D eigenvalue weighted by molar-refractivity contribution is -0.115. The Morgan fingerprint density at radius 1 is 1.10 bits per heavy atom. The number of aromatic nitrogens is 3. The third-order valence-electron chi connectivity index (χ3n) is 4.20. The Morgan fingerprint density at radius 3 is 2.63 bits per heavy atom. The van der Waals surface area contributed by atoms with Gasteiger partial charge < -0.3 is 5.32 Å². The molecule has 1 amide bonds. The fourth-order valence-corrected chi connectivity index (χ4v) is 5.40. The number of hydrogen-bond donors (Lipinski definition) is 1. The number of aryl methyl sites for hydroxylation is 1. The Bertz CT molecular complexity index is 1140.